The van der Waals surface area contributed by atoms with E-state index in [-0.39, 0.29) is 0 Å². The van der Waals surface area contributed by atoms with E-state index in [9.17, 15) is 13.2 Å². The molecule has 0 radical (unpaired) electrons. The van der Waals surface area contributed by atoms with Gasteiger partial charge in [-0.25, -0.2) is 9.97 Å². The standard InChI is InChI=1S/C21H15F3N4/c1-13-2-3-14-4-5-15(10-19(14)27-13)18-11-20(26-12-25-18)28-17-8-6-16(7-9-17)21(22,23)24/h2-12H,1H3,(H,25,26,28). The van der Waals surface area contributed by atoms with Crippen molar-refractivity contribution in [2.45, 2.75) is 13.1 Å². The van der Waals surface area contributed by atoms with Crippen LogP contribution >= 0.6 is 0 Å². The summed E-state index contributed by atoms with van der Waals surface area (Å²) in [6, 6.07) is 16.4. The highest BCUT2D eigenvalue weighted by atomic mass is 19.4. The van der Waals surface area contributed by atoms with Crippen LogP contribution in [0.1, 0.15) is 11.3 Å². The van der Waals surface area contributed by atoms with Crippen molar-refractivity contribution in [3.05, 3.63) is 78.2 Å². The fourth-order valence-electron chi connectivity index (χ4n) is 2.85. The normalized spacial score (nSPS) is 11.6. The second-order valence-electron chi connectivity index (χ2n) is 6.35. The van der Waals surface area contributed by atoms with Crippen molar-refractivity contribution < 1.29 is 13.2 Å². The first-order valence-corrected chi connectivity index (χ1v) is 8.53. The molecule has 2 aromatic heterocycles. The topological polar surface area (TPSA) is 50.7 Å². The van der Waals surface area contributed by atoms with E-state index in [1.807, 2.05) is 37.3 Å². The van der Waals surface area contributed by atoms with Gasteiger partial charge in [-0.1, -0.05) is 18.2 Å². The van der Waals surface area contributed by atoms with Crippen molar-refractivity contribution in [1.29, 1.82) is 0 Å². The predicted molar refractivity (Wildman–Crippen MR) is 102 cm³/mol. The van der Waals surface area contributed by atoms with Crippen LogP contribution < -0.4 is 5.32 Å². The van der Waals surface area contributed by atoms with Gasteiger partial charge in [-0.2, -0.15) is 13.2 Å². The molecule has 0 bridgehead atoms. The Morgan fingerprint density at radius 2 is 1.61 bits per heavy atom. The summed E-state index contributed by atoms with van der Waals surface area (Å²) in [6.07, 6.45) is -2.95. The van der Waals surface area contributed by atoms with Gasteiger partial charge in [0.2, 0.25) is 0 Å². The van der Waals surface area contributed by atoms with Crippen molar-refractivity contribution >= 4 is 22.4 Å². The van der Waals surface area contributed by atoms with Gasteiger partial charge in [0.15, 0.2) is 0 Å². The summed E-state index contributed by atoms with van der Waals surface area (Å²) in [7, 11) is 0. The Kier molecular flexibility index (Phi) is 4.43. The minimum Gasteiger partial charge on any atom is -0.340 e. The van der Waals surface area contributed by atoms with Gasteiger partial charge >= 0.3 is 6.18 Å². The van der Waals surface area contributed by atoms with E-state index in [2.05, 4.69) is 20.3 Å². The molecule has 0 aliphatic heterocycles. The average Bonchev–Trinajstić information content (AvgIpc) is 2.67. The lowest BCUT2D eigenvalue weighted by molar-refractivity contribution is -0.137. The summed E-state index contributed by atoms with van der Waals surface area (Å²) in [4.78, 5) is 13.0. The van der Waals surface area contributed by atoms with Crippen LogP contribution in [0.3, 0.4) is 0 Å². The molecule has 4 nitrogen and oxygen atoms in total. The van der Waals surface area contributed by atoms with E-state index in [4.69, 9.17) is 0 Å². The first kappa shape index (κ1) is 17.9. The predicted octanol–water partition coefficient (Wildman–Crippen LogP) is 5.76. The first-order valence-electron chi connectivity index (χ1n) is 8.53. The summed E-state index contributed by atoms with van der Waals surface area (Å²) >= 11 is 0. The van der Waals surface area contributed by atoms with Crippen LogP contribution in [-0.2, 0) is 6.18 Å². The second kappa shape index (κ2) is 6.92. The zero-order valence-corrected chi connectivity index (χ0v) is 14.8. The number of hydrogen-bond donors (Lipinski definition) is 1. The second-order valence-corrected chi connectivity index (χ2v) is 6.35. The molecule has 140 valence electrons. The Labute approximate surface area is 159 Å². The number of rotatable bonds is 3. The molecule has 28 heavy (non-hydrogen) atoms. The number of nitrogens with one attached hydrogen (secondary N) is 1. The van der Waals surface area contributed by atoms with Crippen molar-refractivity contribution in [3.8, 4) is 11.3 Å². The molecule has 0 unspecified atom stereocenters. The average molecular weight is 380 g/mol. The molecule has 4 aromatic rings. The number of nitrogens with zero attached hydrogens (tertiary/aromatic N) is 3. The highest BCUT2D eigenvalue weighted by Crippen LogP contribution is 2.30. The van der Waals surface area contributed by atoms with Gasteiger partial charge in [-0.15, -0.1) is 0 Å². The van der Waals surface area contributed by atoms with Crippen LogP contribution in [0.2, 0.25) is 0 Å². The molecule has 0 fully saturated rings. The molecule has 0 saturated carbocycles. The fraction of sp³-hybridized carbons (Fsp3) is 0.0952. The third kappa shape index (κ3) is 3.78. The molecule has 0 aliphatic carbocycles. The van der Waals surface area contributed by atoms with Crippen LogP contribution in [-0.4, -0.2) is 15.0 Å². The zero-order valence-electron chi connectivity index (χ0n) is 14.8. The maximum Gasteiger partial charge on any atom is 0.416 e. The van der Waals surface area contributed by atoms with Gasteiger partial charge in [0.1, 0.15) is 12.1 Å². The van der Waals surface area contributed by atoms with E-state index in [0.717, 1.165) is 34.3 Å². The number of fused-ring (bicyclic) bond motifs is 1. The maximum absolute atomic E-state index is 12.7. The molecule has 2 aromatic carbocycles. The van der Waals surface area contributed by atoms with Crippen molar-refractivity contribution in [2.75, 3.05) is 5.32 Å². The van der Waals surface area contributed by atoms with Gasteiger partial charge in [-0.3, -0.25) is 4.98 Å². The monoisotopic (exact) mass is 380 g/mol. The molecule has 2 heterocycles. The number of anilines is 2. The molecule has 7 heteroatoms. The van der Waals surface area contributed by atoms with E-state index in [0.29, 0.717) is 17.2 Å². The Morgan fingerprint density at radius 3 is 2.36 bits per heavy atom. The van der Waals surface area contributed by atoms with Gasteiger partial charge in [0.25, 0.3) is 0 Å². The zero-order chi connectivity index (χ0) is 19.7. The molecule has 4 rings (SSSR count). The van der Waals surface area contributed by atoms with Crippen LogP contribution in [0.4, 0.5) is 24.7 Å². The molecular weight excluding hydrogens is 365 g/mol. The number of aromatic nitrogens is 3. The lowest BCUT2D eigenvalue weighted by atomic mass is 10.1. The molecule has 0 amide bonds. The summed E-state index contributed by atoms with van der Waals surface area (Å²) in [5.74, 6) is 0.488. The maximum atomic E-state index is 12.7. The van der Waals surface area contributed by atoms with Crippen molar-refractivity contribution in [1.82, 2.24) is 15.0 Å². The molecule has 0 spiro atoms. The highest BCUT2D eigenvalue weighted by molar-refractivity contribution is 5.84. The van der Waals surface area contributed by atoms with Crippen LogP contribution in [0.15, 0.2) is 67.0 Å². The summed E-state index contributed by atoms with van der Waals surface area (Å²) in [5.41, 5.74) is 3.18. The number of hydrogen-bond acceptors (Lipinski definition) is 4. The quantitative estimate of drug-likeness (QED) is 0.491. The smallest absolute Gasteiger partial charge is 0.340 e. The summed E-state index contributed by atoms with van der Waals surface area (Å²) in [6.45, 7) is 1.93. The van der Waals surface area contributed by atoms with Crippen LogP contribution in [0.5, 0.6) is 0 Å². The van der Waals surface area contributed by atoms with Crippen molar-refractivity contribution in [2.24, 2.45) is 0 Å². The molecule has 0 aliphatic rings. The van der Waals surface area contributed by atoms with E-state index >= 15 is 0 Å². The summed E-state index contributed by atoms with van der Waals surface area (Å²) < 4.78 is 38.0. The number of alkyl halides is 3. The Morgan fingerprint density at radius 1 is 0.857 bits per heavy atom. The Hall–Kier alpha value is -3.48. The highest BCUT2D eigenvalue weighted by Gasteiger charge is 2.29. The van der Waals surface area contributed by atoms with Crippen molar-refractivity contribution in [3.63, 3.8) is 0 Å². The third-order valence-corrected chi connectivity index (χ3v) is 4.28. The number of aryl methyl sites for hydroxylation is 1. The molecule has 1 N–H and O–H groups in total. The Balaban J connectivity index is 1.61. The van der Waals surface area contributed by atoms with Gasteiger partial charge in [-0.05, 0) is 43.3 Å². The molecule has 0 atom stereocenters. The van der Waals surface area contributed by atoms with E-state index < -0.39 is 11.7 Å². The minimum atomic E-state index is -4.36. The van der Waals surface area contributed by atoms with Gasteiger partial charge in [0, 0.05) is 28.4 Å². The largest absolute Gasteiger partial charge is 0.416 e. The third-order valence-electron chi connectivity index (χ3n) is 4.28. The summed E-state index contributed by atoms with van der Waals surface area (Å²) in [5, 5.41) is 4.04. The first-order chi connectivity index (χ1) is 13.4. The number of benzene rings is 2. The van der Waals surface area contributed by atoms with E-state index in [1.165, 1.54) is 18.5 Å². The molecule has 0 saturated heterocycles. The van der Waals surface area contributed by atoms with Crippen LogP contribution in [0.25, 0.3) is 22.2 Å². The Bertz CT molecular complexity index is 1140. The molecular formula is C21H15F3N4. The fourth-order valence-corrected chi connectivity index (χ4v) is 2.85. The lowest BCUT2D eigenvalue weighted by Crippen LogP contribution is -2.04. The number of halogens is 3. The number of pyridine rings is 1. The minimum absolute atomic E-state index is 0.488. The van der Waals surface area contributed by atoms with E-state index in [1.54, 1.807) is 6.07 Å². The lowest BCUT2D eigenvalue weighted by Gasteiger charge is -2.10. The van der Waals surface area contributed by atoms with Gasteiger partial charge < -0.3 is 5.32 Å². The SMILES string of the molecule is Cc1ccc2ccc(-c3cc(Nc4ccc(C(F)(F)F)cc4)ncn3)cc2n1. The van der Waals surface area contributed by atoms with Crippen LogP contribution in [0, 0.1) is 6.92 Å². The van der Waals surface area contributed by atoms with Gasteiger partial charge in [0.05, 0.1) is 16.8 Å².